The van der Waals surface area contributed by atoms with E-state index < -0.39 is 32.5 Å². The van der Waals surface area contributed by atoms with Crippen LogP contribution in [0.3, 0.4) is 0 Å². The Labute approximate surface area is 119 Å². The van der Waals surface area contributed by atoms with Crippen LogP contribution in [0.2, 0.25) is 0 Å². The van der Waals surface area contributed by atoms with E-state index in [1.54, 1.807) is 0 Å². The summed E-state index contributed by atoms with van der Waals surface area (Å²) in [6.07, 6.45) is 0. The summed E-state index contributed by atoms with van der Waals surface area (Å²) in [5.41, 5.74) is -0.346. The Bertz CT molecular complexity index is 807. The van der Waals surface area contributed by atoms with Crippen LogP contribution in [0.25, 0.3) is 0 Å². The van der Waals surface area contributed by atoms with Crippen LogP contribution in [0.1, 0.15) is 10.4 Å². The van der Waals surface area contributed by atoms with Crippen LogP contribution in [-0.4, -0.2) is 14.3 Å². The summed E-state index contributed by atoms with van der Waals surface area (Å²) < 4.78 is 48.9. The molecular formula is C13H9F2N2O3S. The van der Waals surface area contributed by atoms with Crippen molar-refractivity contribution in [2.24, 2.45) is 5.14 Å². The number of sulfonamides is 1. The molecule has 0 aliphatic heterocycles. The molecule has 0 fully saturated rings. The van der Waals surface area contributed by atoms with E-state index in [-0.39, 0.29) is 11.3 Å². The van der Waals surface area contributed by atoms with Gasteiger partial charge in [0.15, 0.2) is 0 Å². The summed E-state index contributed by atoms with van der Waals surface area (Å²) in [4.78, 5) is 11.4. The van der Waals surface area contributed by atoms with Gasteiger partial charge in [0.1, 0.15) is 11.6 Å². The summed E-state index contributed by atoms with van der Waals surface area (Å²) >= 11 is 0. The molecule has 0 unspecified atom stereocenters. The van der Waals surface area contributed by atoms with Crippen molar-refractivity contribution in [3.63, 3.8) is 0 Å². The first-order chi connectivity index (χ1) is 9.77. The first kappa shape index (κ1) is 15.1. The lowest BCUT2D eigenvalue weighted by Crippen LogP contribution is -2.20. The van der Waals surface area contributed by atoms with Crippen molar-refractivity contribution in [3.05, 3.63) is 59.7 Å². The number of benzene rings is 2. The zero-order valence-electron chi connectivity index (χ0n) is 10.4. The second-order valence-corrected chi connectivity index (χ2v) is 5.59. The van der Waals surface area contributed by atoms with Crippen molar-refractivity contribution in [2.75, 3.05) is 5.32 Å². The average molecular weight is 311 g/mol. The highest BCUT2D eigenvalue weighted by molar-refractivity contribution is 7.89. The summed E-state index contributed by atoms with van der Waals surface area (Å²) in [6, 6.07) is 8.46. The zero-order valence-corrected chi connectivity index (χ0v) is 11.2. The molecule has 1 radical (unpaired) electrons. The number of nitrogens with one attached hydrogen (secondary N) is 1. The molecule has 8 heteroatoms. The number of carbonyl (C=O) groups excluding carboxylic acids is 1. The molecule has 0 aromatic heterocycles. The van der Waals surface area contributed by atoms with Crippen LogP contribution in [0.15, 0.2) is 41.3 Å². The summed E-state index contributed by atoms with van der Waals surface area (Å²) in [5.74, 6) is -2.33. The van der Waals surface area contributed by atoms with Crippen molar-refractivity contribution in [3.8, 4) is 0 Å². The molecule has 0 spiro atoms. The predicted molar refractivity (Wildman–Crippen MR) is 71.0 cm³/mol. The molecule has 5 nitrogen and oxygen atoms in total. The molecular weight excluding hydrogens is 302 g/mol. The van der Waals surface area contributed by atoms with Gasteiger partial charge in [0, 0.05) is 6.07 Å². The number of hydrogen-bond acceptors (Lipinski definition) is 3. The quantitative estimate of drug-likeness (QED) is 0.903. The number of halogens is 2. The molecule has 0 saturated heterocycles. The number of nitrogens with two attached hydrogens (primary N) is 1. The fourth-order valence-corrected chi connectivity index (χ4v) is 2.36. The molecule has 2 rings (SSSR count). The molecule has 2 aromatic carbocycles. The number of anilines is 1. The Morgan fingerprint density at radius 2 is 1.81 bits per heavy atom. The smallest absolute Gasteiger partial charge is 0.257 e. The van der Waals surface area contributed by atoms with Crippen molar-refractivity contribution in [1.29, 1.82) is 0 Å². The molecule has 3 N–H and O–H groups in total. The van der Waals surface area contributed by atoms with E-state index in [9.17, 15) is 22.0 Å². The normalized spacial score (nSPS) is 11.2. The van der Waals surface area contributed by atoms with Crippen molar-refractivity contribution in [1.82, 2.24) is 0 Å². The second-order valence-electron chi connectivity index (χ2n) is 4.06. The fraction of sp³-hybridized carbons (Fsp3) is 0. The molecule has 1 amide bonds. The van der Waals surface area contributed by atoms with Gasteiger partial charge >= 0.3 is 0 Å². The van der Waals surface area contributed by atoms with E-state index in [0.717, 1.165) is 24.3 Å². The number of carbonyl (C=O) groups is 1. The van der Waals surface area contributed by atoms with Crippen LogP contribution in [0.4, 0.5) is 14.5 Å². The number of rotatable bonds is 3. The molecule has 0 heterocycles. The monoisotopic (exact) mass is 311 g/mol. The van der Waals surface area contributed by atoms with Gasteiger partial charge in [0.05, 0.1) is 16.1 Å². The minimum Gasteiger partial charge on any atom is -0.321 e. The SMILES string of the molecule is NS(=O)(=O)c1cc(F)ccc1C(=O)Nc1[c]ccc(F)c1. The molecule has 0 aliphatic rings. The first-order valence-electron chi connectivity index (χ1n) is 5.58. The minimum atomic E-state index is -4.29. The van der Waals surface area contributed by atoms with Crippen LogP contribution < -0.4 is 10.5 Å². The van der Waals surface area contributed by atoms with Gasteiger partial charge in [-0.2, -0.15) is 0 Å². The average Bonchev–Trinajstić information content (AvgIpc) is 2.37. The van der Waals surface area contributed by atoms with Crippen LogP contribution >= 0.6 is 0 Å². The van der Waals surface area contributed by atoms with Crippen molar-refractivity contribution < 1.29 is 22.0 Å². The maximum Gasteiger partial charge on any atom is 0.257 e. The summed E-state index contributed by atoms with van der Waals surface area (Å²) in [7, 11) is -4.29. The van der Waals surface area contributed by atoms with Gasteiger partial charge in [-0.25, -0.2) is 22.3 Å². The maximum atomic E-state index is 13.1. The molecule has 0 bridgehead atoms. The van der Waals surface area contributed by atoms with Crippen molar-refractivity contribution in [2.45, 2.75) is 4.90 Å². The van der Waals surface area contributed by atoms with Gasteiger partial charge in [0.2, 0.25) is 10.0 Å². The Hall–Kier alpha value is -2.32. The van der Waals surface area contributed by atoms with Crippen LogP contribution in [0, 0.1) is 17.7 Å². The fourth-order valence-electron chi connectivity index (χ4n) is 1.62. The summed E-state index contributed by atoms with van der Waals surface area (Å²) in [6.45, 7) is 0. The first-order valence-corrected chi connectivity index (χ1v) is 7.13. The topological polar surface area (TPSA) is 89.3 Å². The zero-order chi connectivity index (χ0) is 15.6. The Balaban J connectivity index is 2.40. The summed E-state index contributed by atoms with van der Waals surface area (Å²) in [5, 5.41) is 7.19. The molecule has 0 aliphatic carbocycles. The van der Waals surface area contributed by atoms with E-state index >= 15 is 0 Å². The molecule has 0 saturated carbocycles. The Morgan fingerprint density at radius 1 is 1.14 bits per heavy atom. The highest BCUT2D eigenvalue weighted by Crippen LogP contribution is 2.18. The van der Waals surface area contributed by atoms with E-state index in [4.69, 9.17) is 5.14 Å². The van der Waals surface area contributed by atoms with Gasteiger partial charge in [-0.1, -0.05) is 0 Å². The minimum absolute atomic E-state index is 0.00435. The number of amides is 1. The lowest BCUT2D eigenvalue weighted by Gasteiger charge is -2.09. The Morgan fingerprint density at radius 3 is 2.43 bits per heavy atom. The van der Waals surface area contributed by atoms with E-state index in [2.05, 4.69) is 11.4 Å². The lowest BCUT2D eigenvalue weighted by molar-refractivity contribution is 0.102. The van der Waals surface area contributed by atoms with Gasteiger partial charge in [0.25, 0.3) is 5.91 Å². The second kappa shape index (κ2) is 5.58. The third-order valence-corrected chi connectivity index (χ3v) is 3.46. The highest BCUT2D eigenvalue weighted by atomic mass is 32.2. The molecule has 109 valence electrons. The van der Waals surface area contributed by atoms with Gasteiger partial charge in [-0.3, -0.25) is 4.79 Å². The van der Waals surface area contributed by atoms with E-state index in [0.29, 0.717) is 6.07 Å². The largest absolute Gasteiger partial charge is 0.321 e. The standard InChI is InChI=1S/C13H9F2N2O3S/c14-8-2-1-3-10(6-8)17-13(18)11-5-4-9(15)7-12(11)21(16,19)20/h1-2,4-7H,(H,17,18)(H2,16,19,20). The van der Waals surface area contributed by atoms with E-state index in [1.165, 1.54) is 6.07 Å². The Kier molecular flexibility index (Phi) is 4.01. The van der Waals surface area contributed by atoms with Gasteiger partial charge in [-0.15, -0.1) is 0 Å². The lowest BCUT2D eigenvalue weighted by atomic mass is 10.2. The number of hydrogen-bond donors (Lipinski definition) is 2. The highest BCUT2D eigenvalue weighted by Gasteiger charge is 2.20. The molecule has 2 aromatic rings. The molecule has 0 atom stereocenters. The third kappa shape index (κ3) is 3.61. The number of primary sulfonamides is 1. The van der Waals surface area contributed by atoms with Gasteiger partial charge in [-0.05, 0) is 36.4 Å². The molecule has 21 heavy (non-hydrogen) atoms. The van der Waals surface area contributed by atoms with Crippen LogP contribution in [0.5, 0.6) is 0 Å². The van der Waals surface area contributed by atoms with E-state index in [1.807, 2.05) is 0 Å². The van der Waals surface area contributed by atoms with Crippen LogP contribution in [-0.2, 0) is 10.0 Å². The van der Waals surface area contributed by atoms with Crippen molar-refractivity contribution >= 4 is 21.6 Å². The predicted octanol–water partition coefficient (Wildman–Crippen LogP) is 1.66. The van der Waals surface area contributed by atoms with Gasteiger partial charge < -0.3 is 5.32 Å². The third-order valence-electron chi connectivity index (χ3n) is 2.51. The maximum absolute atomic E-state index is 13.1.